The molecular formula is C16H12OSe. The van der Waals surface area contributed by atoms with Crippen molar-refractivity contribution in [1.29, 1.82) is 0 Å². The number of Topliss-reactive ketones (excluding diaryl/α,β-unsaturated/α-hetero) is 1. The third-order valence-electron chi connectivity index (χ3n) is 3.10. The summed E-state index contributed by atoms with van der Waals surface area (Å²) in [6.45, 7) is 2.05. The van der Waals surface area contributed by atoms with Gasteiger partial charge in [0.15, 0.2) is 0 Å². The zero-order valence-corrected chi connectivity index (χ0v) is 11.7. The zero-order chi connectivity index (χ0) is 12.5. The van der Waals surface area contributed by atoms with Crippen molar-refractivity contribution in [2.24, 2.45) is 0 Å². The van der Waals surface area contributed by atoms with Crippen LogP contribution in [0, 0.1) is 0 Å². The minimum absolute atomic E-state index is 0.146. The maximum atomic E-state index is 12.4. The topological polar surface area (TPSA) is 17.1 Å². The van der Waals surface area contributed by atoms with Gasteiger partial charge < -0.3 is 0 Å². The van der Waals surface area contributed by atoms with Gasteiger partial charge in [-0.2, -0.15) is 0 Å². The number of hydrogen-bond donors (Lipinski definition) is 0. The van der Waals surface area contributed by atoms with Gasteiger partial charge >= 0.3 is 113 Å². The Morgan fingerprint density at radius 1 is 0.944 bits per heavy atom. The van der Waals surface area contributed by atoms with Gasteiger partial charge in [0.2, 0.25) is 0 Å². The van der Waals surface area contributed by atoms with E-state index in [9.17, 15) is 4.79 Å². The fourth-order valence-corrected chi connectivity index (χ4v) is 4.42. The van der Waals surface area contributed by atoms with E-state index in [0.29, 0.717) is 0 Å². The van der Waals surface area contributed by atoms with E-state index in [1.807, 2.05) is 36.4 Å². The van der Waals surface area contributed by atoms with Crippen LogP contribution in [-0.2, 0) is 0 Å². The summed E-state index contributed by atoms with van der Waals surface area (Å²) in [6.07, 6.45) is 0. The first-order valence-electron chi connectivity index (χ1n) is 5.85. The number of carbonyl (C=O) groups is 1. The van der Waals surface area contributed by atoms with E-state index in [-0.39, 0.29) is 20.7 Å². The van der Waals surface area contributed by atoms with Gasteiger partial charge in [0.1, 0.15) is 0 Å². The molecule has 2 aromatic carbocycles. The van der Waals surface area contributed by atoms with Crippen molar-refractivity contribution < 1.29 is 4.79 Å². The van der Waals surface area contributed by atoms with Gasteiger partial charge in [0, 0.05) is 0 Å². The second-order valence-electron chi connectivity index (χ2n) is 4.25. The molecule has 3 rings (SSSR count). The number of hydrogen-bond acceptors (Lipinski definition) is 1. The summed E-state index contributed by atoms with van der Waals surface area (Å²) in [5.74, 6) is 0.215. The predicted octanol–water partition coefficient (Wildman–Crippen LogP) is 2.64. The molecule has 1 aliphatic heterocycles. The van der Waals surface area contributed by atoms with Crippen LogP contribution >= 0.6 is 0 Å². The van der Waals surface area contributed by atoms with Crippen LogP contribution in [0.3, 0.4) is 0 Å². The summed E-state index contributed by atoms with van der Waals surface area (Å²) in [4.78, 5) is 12.4. The van der Waals surface area contributed by atoms with Crippen molar-refractivity contribution >= 4 is 30.8 Å². The first-order valence-corrected chi connectivity index (χ1v) is 7.56. The van der Waals surface area contributed by atoms with Crippen LogP contribution in [0.4, 0.5) is 0 Å². The summed E-state index contributed by atoms with van der Waals surface area (Å²) in [5.41, 5.74) is 3.16. The van der Waals surface area contributed by atoms with Crippen LogP contribution in [0.5, 0.6) is 0 Å². The van der Waals surface area contributed by atoms with E-state index in [1.165, 1.54) is 4.46 Å². The van der Waals surface area contributed by atoms with Gasteiger partial charge in [-0.15, -0.1) is 0 Å². The molecule has 1 nitrogen and oxygen atoms in total. The zero-order valence-electron chi connectivity index (χ0n) is 10.0. The average molecular weight is 299 g/mol. The van der Waals surface area contributed by atoms with Crippen LogP contribution in [0.15, 0.2) is 59.1 Å². The molecule has 0 N–H and O–H groups in total. The third-order valence-corrected chi connectivity index (χ3v) is 5.77. The fraction of sp³-hybridized carbons (Fsp3) is 0.0625. The Morgan fingerprint density at radius 2 is 1.61 bits per heavy atom. The normalized spacial score (nSPS) is 16.6. The van der Waals surface area contributed by atoms with Gasteiger partial charge in [-0.3, -0.25) is 0 Å². The Labute approximate surface area is 113 Å². The van der Waals surface area contributed by atoms with Crippen LogP contribution in [-0.4, -0.2) is 20.7 Å². The molecule has 0 saturated heterocycles. The standard InChI is InChI=1S/C16H12OSe/c1-11(12-7-3-2-4-8-12)16-15(17)13-9-5-6-10-14(13)18-16/h2-10H,1H3/b16-11-. The van der Waals surface area contributed by atoms with E-state index in [2.05, 4.69) is 25.1 Å². The number of ketones is 1. The Hall–Kier alpha value is -1.63. The van der Waals surface area contributed by atoms with Gasteiger partial charge in [-0.1, -0.05) is 0 Å². The molecule has 0 amide bonds. The number of fused-ring (bicyclic) bond motifs is 1. The monoisotopic (exact) mass is 300 g/mol. The summed E-state index contributed by atoms with van der Waals surface area (Å²) in [5, 5.41) is 0. The quantitative estimate of drug-likeness (QED) is 0.584. The number of allylic oxidation sites excluding steroid dienone is 2. The summed E-state index contributed by atoms with van der Waals surface area (Å²) in [7, 11) is 0. The fourth-order valence-electron chi connectivity index (χ4n) is 2.09. The van der Waals surface area contributed by atoms with Crippen molar-refractivity contribution in [3.63, 3.8) is 0 Å². The van der Waals surface area contributed by atoms with Crippen molar-refractivity contribution in [1.82, 2.24) is 0 Å². The van der Waals surface area contributed by atoms with Crippen LogP contribution in [0.1, 0.15) is 22.8 Å². The molecule has 1 aliphatic rings. The van der Waals surface area contributed by atoms with Crippen molar-refractivity contribution in [3.05, 3.63) is 70.2 Å². The SMILES string of the molecule is C/C(=C1/[Se]c2ccccc2C1=O)c1ccccc1. The molecule has 0 aliphatic carbocycles. The van der Waals surface area contributed by atoms with E-state index in [0.717, 1.165) is 21.2 Å². The van der Waals surface area contributed by atoms with Gasteiger partial charge in [0.05, 0.1) is 0 Å². The van der Waals surface area contributed by atoms with Gasteiger partial charge in [-0.25, -0.2) is 0 Å². The second kappa shape index (κ2) is 4.56. The number of rotatable bonds is 1. The molecule has 18 heavy (non-hydrogen) atoms. The average Bonchev–Trinajstić information content (AvgIpc) is 2.77. The maximum absolute atomic E-state index is 12.4. The van der Waals surface area contributed by atoms with Crippen molar-refractivity contribution in [3.8, 4) is 0 Å². The Bertz CT molecular complexity index is 641. The molecule has 1 heterocycles. The van der Waals surface area contributed by atoms with Gasteiger partial charge in [-0.05, 0) is 0 Å². The predicted molar refractivity (Wildman–Crippen MR) is 75.2 cm³/mol. The summed E-state index contributed by atoms with van der Waals surface area (Å²) < 4.78 is 2.20. The molecule has 0 fully saturated rings. The van der Waals surface area contributed by atoms with Gasteiger partial charge in [0.25, 0.3) is 0 Å². The first kappa shape index (κ1) is 11.5. The Kier molecular flexibility index (Phi) is 2.91. The summed E-state index contributed by atoms with van der Waals surface area (Å²) >= 11 is 0.146. The summed E-state index contributed by atoms with van der Waals surface area (Å²) in [6, 6.07) is 18.1. The molecule has 0 atom stereocenters. The van der Waals surface area contributed by atoms with Crippen LogP contribution in [0.2, 0.25) is 0 Å². The molecule has 88 valence electrons. The number of carbonyl (C=O) groups excluding carboxylic acids is 1. The number of benzene rings is 2. The molecule has 0 spiro atoms. The van der Waals surface area contributed by atoms with E-state index in [1.54, 1.807) is 0 Å². The molecule has 2 aromatic rings. The molecule has 2 heteroatoms. The van der Waals surface area contributed by atoms with Crippen molar-refractivity contribution in [2.45, 2.75) is 6.92 Å². The van der Waals surface area contributed by atoms with Crippen molar-refractivity contribution in [2.75, 3.05) is 0 Å². The molecule has 0 saturated carbocycles. The van der Waals surface area contributed by atoms with Crippen LogP contribution in [0.25, 0.3) is 5.57 Å². The molecule has 0 bridgehead atoms. The molecule has 0 radical (unpaired) electrons. The van der Waals surface area contributed by atoms with Crippen LogP contribution < -0.4 is 4.46 Å². The minimum atomic E-state index is 0.146. The third kappa shape index (κ3) is 1.84. The first-order chi connectivity index (χ1) is 8.77. The van der Waals surface area contributed by atoms with E-state index in [4.69, 9.17) is 0 Å². The van der Waals surface area contributed by atoms with E-state index >= 15 is 0 Å². The molecular weight excluding hydrogens is 287 g/mol. The second-order valence-corrected chi connectivity index (χ2v) is 6.46. The molecule has 0 aromatic heterocycles. The molecule has 0 unspecified atom stereocenters. The van der Waals surface area contributed by atoms with E-state index < -0.39 is 0 Å². The Balaban J connectivity index is 2.09. The Morgan fingerprint density at radius 3 is 2.33 bits per heavy atom.